The number of rotatable bonds is 9. The van der Waals surface area contributed by atoms with Crippen molar-refractivity contribution in [2.24, 2.45) is 11.8 Å². The lowest BCUT2D eigenvalue weighted by Crippen LogP contribution is -2.20. The zero-order valence-corrected chi connectivity index (χ0v) is 24.1. The van der Waals surface area contributed by atoms with E-state index in [0.29, 0.717) is 34.6 Å². The molecule has 5 aromatic rings. The molecule has 0 spiro atoms. The maximum atomic E-state index is 13.1. The van der Waals surface area contributed by atoms with E-state index < -0.39 is 14.9 Å². The quantitative estimate of drug-likeness (QED) is 0.111. The maximum absolute atomic E-state index is 13.1. The van der Waals surface area contributed by atoms with Crippen LogP contribution >= 0.6 is 0 Å². The van der Waals surface area contributed by atoms with E-state index in [2.05, 4.69) is 15.0 Å². The highest BCUT2D eigenvalue weighted by molar-refractivity contribution is 7.90. The number of nitrogens with zero attached hydrogens (tertiary/aromatic N) is 5. The molecule has 0 radical (unpaired) electrons. The topological polar surface area (TPSA) is 138 Å². The summed E-state index contributed by atoms with van der Waals surface area (Å²) in [5.41, 5.74) is 3.20. The molecule has 0 saturated heterocycles. The molecule has 0 N–H and O–H groups in total. The first-order valence-corrected chi connectivity index (χ1v) is 15.6. The van der Waals surface area contributed by atoms with Gasteiger partial charge in [-0.05, 0) is 73.6 Å². The number of pyridine rings is 1. The molecule has 43 heavy (non-hydrogen) atoms. The number of benzene rings is 2. The van der Waals surface area contributed by atoms with Crippen molar-refractivity contribution in [3.05, 3.63) is 113 Å². The van der Waals surface area contributed by atoms with Gasteiger partial charge in [-0.3, -0.25) is 14.9 Å². The predicted molar refractivity (Wildman–Crippen MR) is 161 cm³/mol. The van der Waals surface area contributed by atoms with E-state index in [1.807, 2.05) is 12.1 Å². The lowest BCUT2D eigenvalue weighted by molar-refractivity contribution is -0.384. The number of Topliss-reactive ketones (excluding diaryl/α,β-unsaturated/α-hetero) is 1. The molecule has 1 aliphatic rings. The van der Waals surface area contributed by atoms with Crippen LogP contribution in [0.4, 0.5) is 5.69 Å². The van der Waals surface area contributed by atoms with Crippen LogP contribution in [0.1, 0.15) is 48.2 Å². The molecule has 10 nitrogen and oxygen atoms in total. The summed E-state index contributed by atoms with van der Waals surface area (Å²) in [6.07, 6.45) is 9.85. The summed E-state index contributed by atoms with van der Waals surface area (Å²) in [7, 11) is -3.77. The average Bonchev–Trinajstić information content (AvgIpc) is 3.46. The minimum Gasteiger partial charge on any atom is -0.294 e. The molecule has 11 heteroatoms. The molecule has 2 unspecified atom stereocenters. The summed E-state index contributed by atoms with van der Waals surface area (Å²) in [6, 6.07) is 19.6. The van der Waals surface area contributed by atoms with E-state index in [4.69, 9.17) is 0 Å². The van der Waals surface area contributed by atoms with Crippen LogP contribution in [0.3, 0.4) is 0 Å². The highest BCUT2D eigenvalue weighted by Crippen LogP contribution is 2.34. The van der Waals surface area contributed by atoms with Crippen molar-refractivity contribution < 1.29 is 18.1 Å². The van der Waals surface area contributed by atoms with Gasteiger partial charge in [0.15, 0.2) is 11.4 Å². The van der Waals surface area contributed by atoms with Crippen LogP contribution in [0.5, 0.6) is 0 Å². The van der Waals surface area contributed by atoms with Crippen LogP contribution < -0.4 is 0 Å². The normalized spacial score (nSPS) is 17.1. The lowest BCUT2D eigenvalue weighted by Gasteiger charge is -2.28. The Kier molecular flexibility index (Phi) is 7.81. The smallest absolute Gasteiger partial charge is 0.269 e. The van der Waals surface area contributed by atoms with Gasteiger partial charge in [-0.2, -0.15) is 0 Å². The van der Waals surface area contributed by atoms with Crippen LogP contribution in [0.25, 0.3) is 22.3 Å². The second-order valence-corrected chi connectivity index (χ2v) is 12.8. The summed E-state index contributed by atoms with van der Waals surface area (Å²) in [4.78, 5) is 36.9. The highest BCUT2D eigenvalue weighted by Gasteiger charge is 2.25. The molecule has 218 valence electrons. The minimum absolute atomic E-state index is 0.0122. The molecule has 1 aliphatic carbocycles. The summed E-state index contributed by atoms with van der Waals surface area (Å²) in [5, 5.41) is 11.6. The van der Waals surface area contributed by atoms with Crippen LogP contribution in [-0.4, -0.2) is 38.0 Å². The molecule has 6 rings (SSSR count). The van der Waals surface area contributed by atoms with Gasteiger partial charge in [-0.15, -0.1) is 0 Å². The third-order valence-corrected chi connectivity index (χ3v) is 9.76. The van der Waals surface area contributed by atoms with Crippen molar-refractivity contribution in [2.45, 2.75) is 43.4 Å². The summed E-state index contributed by atoms with van der Waals surface area (Å²) < 4.78 is 27.5. The number of fused-ring (bicyclic) bond motifs is 1. The second-order valence-electron chi connectivity index (χ2n) is 11.0. The van der Waals surface area contributed by atoms with E-state index in [9.17, 15) is 23.3 Å². The lowest BCUT2D eigenvalue weighted by atomic mass is 9.77. The fraction of sp³-hybridized carbons (Fsp3) is 0.250. The molecular weight excluding hydrogens is 566 g/mol. The van der Waals surface area contributed by atoms with Gasteiger partial charge in [-0.1, -0.05) is 31.0 Å². The van der Waals surface area contributed by atoms with Crippen molar-refractivity contribution in [3.8, 4) is 11.3 Å². The van der Waals surface area contributed by atoms with Gasteiger partial charge in [0.25, 0.3) is 15.7 Å². The van der Waals surface area contributed by atoms with Gasteiger partial charge in [0.1, 0.15) is 6.33 Å². The largest absolute Gasteiger partial charge is 0.294 e. The number of non-ortho nitro benzene ring substituents is 1. The number of ketones is 1. The van der Waals surface area contributed by atoms with Crippen molar-refractivity contribution in [3.63, 3.8) is 0 Å². The van der Waals surface area contributed by atoms with Gasteiger partial charge in [0.2, 0.25) is 0 Å². The molecule has 2 atom stereocenters. The maximum Gasteiger partial charge on any atom is 0.269 e. The molecule has 0 amide bonds. The molecule has 1 fully saturated rings. The summed E-state index contributed by atoms with van der Waals surface area (Å²) in [6.45, 7) is 0. The van der Waals surface area contributed by atoms with Crippen LogP contribution in [-0.2, 0) is 16.4 Å². The SMILES string of the molecule is O=C(CC1CCCC(Cc2cc(-c3cnc4c(ccn4S(=O)(=O)c4ccccc4)c3)ncn2)C1)c1ccc([N+](=O)[O-])cc1. The van der Waals surface area contributed by atoms with Crippen molar-refractivity contribution in [1.29, 1.82) is 0 Å². The van der Waals surface area contributed by atoms with Gasteiger partial charge in [0.05, 0.1) is 15.5 Å². The van der Waals surface area contributed by atoms with Crippen LogP contribution in [0.15, 0.2) is 96.4 Å². The van der Waals surface area contributed by atoms with Gasteiger partial charge < -0.3 is 0 Å². The number of hydrogen-bond donors (Lipinski definition) is 0. The van der Waals surface area contributed by atoms with Gasteiger partial charge in [-0.25, -0.2) is 27.3 Å². The van der Waals surface area contributed by atoms with Crippen LogP contribution in [0.2, 0.25) is 0 Å². The number of aromatic nitrogens is 4. The monoisotopic (exact) mass is 595 g/mol. The minimum atomic E-state index is -3.77. The molecule has 0 bridgehead atoms. The third-order valence-electron chi connectivity index (χ3n) is 8.08. The third kappa shape index (κ3) is 6.07. The second kappa shape index (κ2) is 11.8. The Labute approximate surface area is 248 Å². The molecular formula is C32H29N5O5S. The highest BCUT2D eigenvalue weighted by atomic mass is 32.2. The van der Waals surface area contributed by atoms with Crippen molar-refractivity contribution in [1.82, 2.24) is 18.9 Å². The Morgan fingerprint density at radius 3 is 2.49 bits per heavy atom. The zero-order valence-electron chi connectivity index (χ0n) is 23.2. The van der Waals surface area contributed by atoms with E-state index in [1.54, 1.807) is 48.9 Å². The first kappa shape index (κ1) is 28.4. The number of nitro groups is 1. The summed E-state index contributed by atoms with van der Waals surface area (Å²) >= 11 is 0. The van der Waals surface area contributed by atoms with E-state index in [-0.39, 0.29) is 22.3 Å². The van der Waals surface area contributed by atoms with E-state index in [1.165, 1.54) is 34.4 Å². The standard InChI is InChI=1S/C32H29N5O5S/c38-31(24-9-11-28(12-10-24)37(39)40)17-23-6-4-5-22(15-23)16-27-19-30(35-21-34-27)26-18-25-13-14-36(32(25)33-20-26)43(41,42)29-7-2-1-3-8-29/h1-3,7-14,18-23H,4-6,15-17H2. The number of nitro benzene ring substituents is 1. The van der Waals surface area contributed by atoms with Gasteiger partial charge >= 0.3 is 0 Å². The van der Waals surface area contributed by atoms with E-state index >= 15 is 0 Å². The molecule has 1 saturated carbocycles. The fourth-order valence-electron chi connectivity index (χ4n) is 5.93. The first-order valence-electron chi connectivity index (χ1n) is 14.1. The molecule has 2 aromatic carbocycles. The average molecular weight is 596 g/mol. The predicted octanol–water partition coefficient (Wildman–Crippen LogP) is 6.26. The Hall–Kier alpha value is -4.77. The first-order chi connectivity index (χ1) is 20.8. The zero-order chi connectivity index (χ0) is 30.0. The number of carbonyl (C=O) groups excluding carboxylic acids is 1. The van der Waals surface area contributed by atoms with Gasteiger partial charge in [0, 0.05) is 53.2 Å². The van der Waals surface area contributed by atoms with E-state index in [0.717, 1.165) is 43.4 Å². The molecule has 3 aromatic heterocycles. The Morgan fingerprint density at radius 2 is 1.72 bits per heavy atom. The Bertz CT molecular complexity index is 1910. The molecule has 0 aliphatic heterocycles. The van der Waals surface area contributed by atoms with Crippen molar-refractivity contribution in [2.75, 3.05) is 0 Å². The Balaban J connectivity index is 1.14. The summed E-state index contributed by atoms with van der Waals surface area (Å²) in [5.74, 6) is 0.646. The Morgan fingerprint density at radius 1 is 0.953 bits per heavy atom. The number of carbonyl (C=O) groups is 1. The fourth-order valence-corrected chi connectivity index (χ4v) is 7.25. The molecule has 3 heterocycles. The van der Waals surface area contributed by atoms with Crippen LogP contribution in [0, 0.1) is 22.0 Å². The number of hydrogen-bond acceptors (Lipinski definition) is 8. The van der Waals surface area contributed by atoms with Crippen molar-refractivity contribution >= 4 is 32.5 Å².